The smallest absolute Gasteiger partial charge is 0.0638 e. The maximum Gasteiger partial charge on any atom is 0.0638 e. The van der Waals surface area contributed by atoms with Gasteiger partial charge in [-0.05, 0) is 101 Å². The van der Waals surface area contributed by atoms with Gasteiger partial charge in [0.25, 0.3) is 0 Å². The molecule has 0 bridgehead atoms. The lowest BCUT2D eigenvalue weighted by Crippen LogP contribution is -2.09. The Hall–Kier alpha value is -5.68. The molecule has 6 aromatic carbocycles. The van der Waals surface area contributed by atoms with Gasteiger partial charge in [-0.25, -0.2) is 0 Å². The molecule has 0 heterocycles. The van der Waals surface area contributed by atoms with Crippen LogP contribution in [-0.2, 0) is 22.3 Å². The van der Waals surface area contributed by atoms with Crippen LogP contribution in [0.3, 0.4) is 0 Å². The fraction of sp³-hybridized carbons (Fsp3) is 0.245. The number of nitrogens with one attached hydrogen (secondary N) is 2. The van der Waals surface area contributed by atoms with Crippen LogP contribution in [0.2, 0.25) is 0 Å². The maximum absolute atomic E-state index is 5.41. The van der Waals surface area contributed by atoms with Crippen LogP contribution in [0, 0.1) is 0 Å². The van der Waals surface area contributed by atoms with Gasteiger partial charge in [0.2, 0.25) is 0 Å². The second kappa shape index (κ2) is 24.1. The van der Waals surface area contributed by atoms with Gasteiger partial charge in [0.15, 0.2) is 0 Å². The van der Waals surface area contributed by atoms with Crippen LogP contribution < -0.4 is 10.6 Å². The fourth-order valence-corrected chi connectivity index (χ4v) is 7.04. The van der Waals surface area contributed by atoms with E-state index in [4.69, 9.17) is 9.47 Å². The van der Waals surface area contributed by atoms with Crippen LogP contribution in [0.1, 0.15) is 67.0 Å². The van der Waals surface area contributed by atoms with Crippen LogP contribution in [0.25, 0.3) is 11.1 Å². The molecule has 6 rings (SSSR count). The molecule has 0 aromatic heterocycles. The van der Waals surface area contributed by atoms with Gasteiger partial charge in [0.1, 0.15) is 0 Å². The van der Waals surface area contributed by atoms with Crippen LogP contribution in [0.15, 0.2) is 181 Å². The summed E-state index contributed by atoms with van der Waals surface area (Å²) < 4.78 is 10.5. The summed E-state index contributed by atoms with van der Waals surface area (Å²) in [6, 6.07) is 60.5. The minimum Gasteiger partial charge on any atom is -0.383 e. The molecule has 2 N–H and O–H groups in total. The standard InChI is InChI=1S/C27H31NO.C26H29NO/c1-3-23(21-22-11-7-5-8-12-22)27(24-13-9-6-10-14-24)25-15-17-26(18-16-25)28-19-20-29-4-2;1-3-22(20-21-10-6-4-7-11-21)26(23-12-8-5-9-13-23)24-14-16-25(17-15-24)27-18-19-28-2/h5-18,28H,3-4,19-21H2,1-2H3;4-17,27H,3,18-20H2,1-2H3. The molecule has 0 saturated heterocycles. The lowest BCUT2D eigenvalue weighted by Gasteiger charge is -2.17. The molecule has 6 aromatic rings. The Balaban J connectivity index is 0.000000218. The van der Waals surface area contributed by atoms with E-state index in [0.29, 0.717) is 6.61 Å². The van der Waals surface area contributed by atoms with Crippen LogP contribution >= 0.6 is 0 Å². The van der Waals surface area contributed by atoms with Crippen molar-refractivity contribution < 1.29 is 9.47 Å². The summed E-state index contributed by atoms with van der Waals surface area (Å²) in [5.74, 6) is 0. The molecule has 0 aliphatic heterocycles. The minimum atomic E-state index is 0.702. The van der Waals surface area contributed by atoms with E-state index in [2.05, 4.69) is 194 Å². The molecule has 0 saturated carbocycles. The third-order valence-corrected chi connectivity index (χ3v) is 9.97. The topological polar surface area (TPSA) is 42.5 Å². The number of hydrogen-bond donors (Lipinski definition) is 2. The van der Waals surface area contributed by atoms with Gasteiger partial charge in [0, 0.05) is 38.2 Å². The van der Waals surface area contributed by atoms with Crippen LogP contribution in [-0.4, -0.2) is 40.0 Å². The van der Waals surface area contributed by atoms with E-state index in [1.54, 1.807) is 7.11 Å². The first-order chi connectivity index (χ1) is 28.1. The average Bonchev–Trinajstić information content (AvgIpc) is 3.27. The van der Waals surface area contributed by atoms with Crippen molar-refractivity contribution in [1.82, 2.24) is 0 Å². The number of hydrogen-bond acceptors (Lipinski definition) is 4. The van der Waals surface area contributed by atoms with E-state index in [1.165, 1.54) is 55.7 Å². The summed E-state index contributed by atoms with van der Waals surface area (Å²) in [5, 5.41) is 6.82. The number of benzene rings is 6. The molecule has 0 spiro atoms. The number of rotatable bonds is 19. The highest BCUT2D eigenvalue weighted by atomic mass is 16.5. The number of anilines is 2. The van der Waals surface area contributed by atoms with E-state index >= 15 is 0 Å². The SMILES string of the molecule is CCC(Cc1ccccc1)=C(c1ccccc1)c1ccc(NCCOC)cc1.CCOCCNc1ccc(C(=C(CC)Cc2ccccc2)c2ccccc2)cc1. The fourth-order valence-electron chi connectivity index (χ4n) is 7.04. The van der Waals surface area contributed by atoms with Crippen molar-refractivity contribution in [3.63, 3.8) is 0 Å². The first-order valence-electron chi connectivity index (χ1n) is 20.5. The van der Waals surface area contributed by atoms with Crippen molar-refractivity contribution >= 4 is 22.5 Å². The van der Waals surface area contributed by atoms with E-state index in [-0.39, 0.29) is 0 Å². The number of allylic oxidation sites excluding steroid dienone is 2. The monoisotopic (exact) mass is 756 g/mol. The zero-order valence-electron chi connectivity index (χ0n) is 34.3. The third-order valence-electron chi connectivity index (χ3n) is 9.97. The van der Waals surface area contributed by atoms with Gasteiger partial charge in [-0.15, -0.1) is 0 Å². The lowest BCUT2D eigenvalue weighted by molar-refractivity contribution is 0.158. The molecule has 0 aliphatic carbocycles. The van der Waals surface area contributed by atoms with Gasteiger partial charge in [0.05, 0.1) is 13.2 Å². The zero-order valence-corrected chi connectivity index (χ0v) is 34.3. The molecular weight excluding hydrogens is 697 g/mol. The normalized spacial score (nSPS) is 11.8. The van der Waals surface area contributed by atoms with E-state index in [1.807, 2.05) is 6.92 Å². The Morgan fingerprint density at radius 2 is 0.772 bits per heavy atom. The molecule has 0 unspecified atom stereocenters. The minimum absolute atomic E-state index is 0.702. The highest BCUT2D eigenvalue weighted by Crippen LogP contribution is 2.33. The quantitative estimate of drug-likeness (QED) is 0.0808. The molecule has 0 aliphatic rings. The summed E-state index contributed by atoms with van der Waals surface area (Å²) in [4.78, 5) is 0. The molecule has 0 amide bonds. The van der Waals surface area contributed by atoms with Gasteiger partial charge in [-0.2, -0.15) is 0 Å². The van der Waals surface area contributed by atoms with Gasteiger partial charge >= 0.3 is 0 Å². The van der Waals surface area contributed by atoms with Gasteiger partial charge in [-0.1, -0.05) is 171 Å². The van der Waals surface area contributed by atoms with Crippen molar-refractivity contribution in [1.29, 1.82) is 0 Å². The zero-order chi connectivity index (χ0) is 39.9. The predicted molar refractivity (Wildman–Crippen MR) is 244 cm³/mol. The molecule has 294 valence electrons. The van der Waals surface area contributed by atoms with E-state index in [0.717, 1.165) is 63.4 Å². The summed E-state index contributed by atoms with van der Waals surface area (Å²) in [7, 11) is 1.72. The summed E-state index contributed by atoms with van der Waals surface area (Å²) in [6.45, 7) is 10.3. The molecule has 4 heteroatoms. The van der Waals surface area contributed by atoms with E-state index in [9.17, 15) is 0 Å². The third kappa shape index (κ3) is 13.5. The maximum atomic E-state index is 5.41. The molecule has 57 heavy (non-hydrogen) atoms. The van der Waals surface area contributed by atoms with Crippen LogP contribution in [0.4, 0.5) is 11.4 Å². The van der Waals surface area contributed by atoms with E-state index < -0.39 is 0 Å². The lowest BCUT2D eigenvalue weighted by atomic mass is 9.88. The van der Waals surface area contributed by atoms with Crippen molar-refractivity contribution in [2.24, 2.45) is 0 Å². The summed E-state index contributed by atoms with van der Waals surface area (Å²) >= 11 is 0. The Morgan fingerprint density at radius 1 is 0.421 bits per heavy atom. The molecule has 0 fully saturated rings. The Kier molecular flexibility index (Phi) is 17.9. The summed E-state index contributed by atoms with van der Waals surface area (Å²) in [5.41, 5.74) is 15.6. The first kappa shape index (κ1) is 42.5. The van der Waals surface area contributed by atoms with Crippen molar-refractivity contribution in [3.8, 4) is 0 Å². The molecule has 0 atom stereocenters. The molecule has 0 radical (unpaired) electrons. The van der Waals surface area contributed by atoms with Crippen LogP contribution in [0.5, 0.6) is 0 Å². The van der Waals surface area contributed by atoms with Gasteiger partial charge in [-0.3, -0.25) is 0 Å². The second-order valence-electron chi connectivity index (χ2n) is 13.9. The molecular formula is C53H60N2O2. The highest BCUT2D eigenvalue weighted by molar-refractivity contribution is 5.84. The second-order valence-corrected chi connectivity index (χ2v) is 13.9. The number of ether oxygens (including phenoxy) is 2. The largest absolute Gasteiger partial charge is 0.383 e. The van der Waals surface area contributed by atoms with Crippen molar-refractivity contribution in [2.75, 3.05) is 50.7 Å². The van der Waals surface area contributed by atoms with Gasteiger partial charge < -0.3 is 20.1 Å². The molecule has 4 nitrogen and oxygen atoms in total. The van der Waals surface area contributed by atoms with Crippen molar-refractivity contribution in [2.45, 2.75) is 46.5 Å². The summed E-state index contributed by atoms with van der Waals surface area (Å²) in [6.07, 6.45) is 3.98. The Bertz CT molecular complexity index is 2060. The number of methoxy groups -OCH3 is 1. The Labute approximate surface area is 342 Å². The predicted octanol–water partition coefficient (Wildman–Crippen LogP) is 12.8. The average molecular weight is 757 g/mol. The highest BCUT2D eigenvalue weighted by Gasteiger charge is 2.13. The van der Waals surface area contributed by atoms with Crippen molar-refractivity contribution in [3.05, 3.63) is 214 Å². The Morgan fingerprint density at radius 3 is 1.12 bits per heavy atom. The first-order valence-corrected chi connectivity index (χ1v) is 20.5.